The number of anilines is 1. The van der Waals surface area contributed by atoms with Crippen LogP contribution in [0.3, 0.4) is 0 Å². The van der Waals surface area contributed by atoms with Crippen molar-refractivity contribution >= 4 is 5.69 Å². The minimum absolute atomic E-state index is 0.251. The molecule has 3 nitrogen and oxygen atoms in total. The summed E-state index contributed by atoms with van der Waals surface area (Å²) in [5.74, 6) is 0.429. The Kier molecular flexibility index (Phi) is 4.93. The van der Waals surface area contributed by atoms with E-state index in [1.807, 2.05) is 19.1 Å². The third kappa shape index (κ3) is 3.95. The molecule has 0 aliphatic rings. The summed E-state index contributed by atoms with van der Waals surface area (Å²) in [6.07, 6.45) is 2.83. The molecule has 1 aromatic heterocycles. The van der Waals surface area contributed by atoms with E-state index in [2.05, 4.69) is 17.2 Å². The highest BCUT2D eigenvalue weighted by Gasteiger charge is 2.03. The van der Waals surface area contributed by atoms with Gasteiger partial charge in [0.2, 0.25) is 0 Å². The normalized spacial score (nSPS) is 10.3. The second-order valence-corrected chi connectivity index (χ2v) is 4.66. The number of nitrogens with one attached hydrogen (secondary N) is 1. The van der Waals surface area contributed by atoms with Crippen LogP contribution < -0.4 is 10.1 Å². The van der Waals surface area contributed by atoms with Crippen molar-refractivity contribution in [2.75, 3.05) is 11.9 Å². The molecule has 0 aliphatic heterocycles. The van der Waals surface area contributed by atoms with Crippen molar-refractivity contribution in [3.8, 4) is 5.75 Å². The zero-order valence-electron chi connectivity index (χ0n) is 11.8. The summed E-state index contributed by atoms with van der Waals surface area (Å²) in [6.45, 7) is 5.25. The first-order valence-corrected chi connectivity index (χ1v) is 6.77. The van der Waals surface area contributed by atoms with E-state index >= 15 is 0 Å². The lowest BCUT2D eigenvalue weighted by Crippen LogP contribution is -2.03. The Balaban J connectivity index is 1.99. The topological polar surface area (TPSA) is 34.2 Å². The van der Waals surface area contributed by atoms with Gasteiger partial charge in [-0.3, -0.25) is 4.98 Å². The molecule has 0 saturated carbocycles. The monoisotopic (exact) mass is 274 g/mol. The summed E-state index contributed by atoms with van der Waals surface area (Å²) >= 11 is 0. The molecule has 0 amide bonds. The second kappa shape index (κ2) is 6.89. The fourth-order valence-corrected chi connectivity index (χ4v) is 1.86. The summed E-state index contributed by atoms with van der Waals surface area (Å²) in [5.41, 5.74) is 2.66. The molecule has 0 aliphatic carbocycles. The Morgan fingerprint density at radius 2 is 2.10 bits per heavy atom. The van der Waals surface area contributed by atoms with Crippen LogP contribution in [0.15, 0.2) is 36.5 Å². The molecule has 2 rings (SSSR count). The third-order valence-corrected chi connectivity index (χ3v) is 2.91. The minimum atomic E-state index is -0.251. The standard InChI is InChI=1S/C16H19FN2O/c1-3-7-18-14-6-8-19-15(10-14)11-20-16-5-4-13(17)9-12(16)2/h4-6,8-10H,3,7,11H2,1-2H3,(H,18,19). The molecular weight excluding hydrogens is 255 g/mol. The molecule has 20 heavy (non-hydrogen) atoms. The lowest BCUT2D eigenvalue weighted by atomic mass is 10.2. The molecule has 0 saturated heterocycles. The van der Waals surface area contributed by atoms with Crippen LogP contribution >= 0.6 is 0 Å². The molecule has 0 bridgehead atoms. The highest BCUT2D eigenvalue weighted by atomic mass is 19.1. The van der Waals surface area contributed by atoms with Gasteiger partial charge < -0.3 is 10.1 Å². The minimum Gasteiger partial charge on any atom is -0.487 e. The number of hydrogen-bond donors (Lipinski definition) is 1. The fraction of sp³-hybridized carbons (Fsp3) is 0.312. The van der Waals surface area contributed by atoms with Gasteiger partial charge in [-0.05, 0) is 49.2 Å². The van der Waals surface area contributed by atoms with Gasteiger partial charge in [0.15, 0.2) is 0 Å². The van der Waals surface area contributed by atoms with E-state index in [1.54, 1.807) is 12.3 Å². The molecule has 0 unspecified atom stereocenters. The van der Waals surface area contributed by atoms with Crippen LogP contribution in [0.4, 0.5) is 10.1 Å². The maximum Gasteiger partial charge on any atom is 0.130 e. The van der Waals surface area contributed by atoms with Crippen molar-refractivity contribution in [3.05, 3.63) is 53.6 Å². The van der Waals surface area contributed by atoms with E-state index in [-0.39, 0.29) is 5.82 Å². The number of ether oxygens (including phenoxy) is 1. The van der Waals surface area contributed by atoms with E-state index in [0.29, 0.717) is 12.4 Å². The lowest BCUT2D eigenvalue weighted by Gasteiger charge is -2.10. The molecule has 4 heteroatoms. The predicted octanol–water partition coefficient (Wildman–Crippen LogP) is 3.93. The number of hydrogen-bond acceptors (Lipinski definition) is 3. The van der Waals surface area contributed by atoms with Gasteiger partial charge in [-0.1, -0.05) is 6.92 Å². The number of pyridine rings is 1. The Bertz CT molecular complexity index is 572. The van der Waals surface area contributed by atoms with Gasteiger partial charge in [-0.25, -0.2) is 4.39 Å². The molecule has 2 aromatic rings. The number of aromatic nitrogens is 1. The van der Waals surface area contributed by atoms with Crippen molar-refractivity contribution in [2.45, 2.75) is 26.9 Å². The second-order valence-electron chi connectivity index (χ2n) is 4.66. The summed E-state index contributed by atoms with van der Waals surface area (Å²) in [5, 5.41) is 3.31. The lowest BCUT2D eigenvalue weighted by molar-refractivity contribution is 0.299. The van der Waals surface area contributed by atoms with Gasteiger partial charge in [0.25, 0.3) is 0 Å². The quantitative estimate of drug-likeness (QED) is 0.866. The molecule has 0 atom stereocenters. The number of benzene rings is 1. The van der Waals surface area contributed by atoms with Gasteiger partial charge >= 0.3 is 0 Å². The average Bonchev–Trinajstić information content (AvgIpc) is 2.45. The van der Waals surface area contributed by atoms with Gasteiger partial charge in [0.1, 0.15) is 18.2 Å². The summed E-state index contributed by atoms with van der Waals surface area (Å²) in [4.78, 5) is 4.27. The zero-order valence-corrected chi connectivity index (χ0v) is 11.8. The molecule has 1 N–H and O–H groups in total. The SMILES string of the molecule is CCCNc1ccnc(COc2ccc(F)cc2C)c1. The third-order valence-electron chi connectivity index (χ3n) is 2.91. The molecule has 106 valence electrons. The van der Waals surface area contributed by atoms with E-state index in [9.17, 15) is 4.39 Å². The van der Waals surface area contributed by atoms with Crippen LogP contribution in [0.25, 0.3) is 0 Å². The van der Waals surface area contributed by atoms with Gasteiger partial charge in [-0.2, -0.15) is 0 Å². The maximum atomic E-state index is 13.0. The Labute approximate surface area is 118 Å². The Morgan fingerprint density at radius 1 is 1.25 bits per heavy atom. The number of rotatable bonds is 6. The zero-order chi connectivity index (χ0) is 14.4. The summed E-state index contributed by atoms with van der Waals surface area (Å²) in [6, 6.07) is 8.40. The molecular formula is C16H19FN2O. The van der Waals surface area contributed by atoms with Crippen LogP contribution in [0.5, 0.6) is 5.75 Å². The van der Waals surface area contributed by atoms with Gasteiger partial charge in [0.05, 0.1) is 5.69 Å². The van der Waals surface area contributed by atoms with Crippen molar-refractivity contribution in [2.24, 2.45) is 0 Å². The first-order chi connectivity index (χ1) is 9.69. The largest absolute Gasteiger partial charge is 0.487 e. The van der Waals surface area contributed by atoms with Crippen molar-refractivity contribution < 1.29 is 9.13 Å². The van der Waals surface area contributed by atoms with E-state index in [1.165, 1.54) is 12.1 Å². The van der Waals surface area contributed by atoms with Crippen LogP contribution in [-0.4, -0.2) is 11.5 Å². The van der Waals surface area contributed by atoms with Crippen molar-refractivity contribution in [3.63, 3.8) is 0 Å². The summed E-state index contributed by atoms with van der Waals surface area (Å²) < 4.78 is 18.7. The maximum absolute atomic E-state index is 13.0. The molecule has 0 fully saturated rings. The highest BCUT2D eigenvalue weighted by Crippen LogP contribution is 2.19. The van der Waals surface area contributed by atoms with E-state index in [0.717, 1.165) is 29.9 Å². The number of aryl methyl sites for hydroxylation is 1. The van der Waals surface area contributed by atoms with Crippen molar-refractivity contribution in [1.82, 2.24) is 4.98 Å². The van der Waals surface area contributed by atoms with E-state index in [4.69, 9.17) is 4.74 Å². The van der Waals surface area contributed by atoms with Gasteiger partial charge in [-0.15, -0.1) is 0 Å². The summed E-state index contributed by atoms with van der Waals surface area (Å²) in [7, 11) is 0. The van der Waals surface area contributed by atoms with Crippen LogP contribution in [-0.2, 0) is 6.61 Å². The molecule has 0 spiro atoms. The smallest absolute Gasteiger partial charge is 0.130 e. The molecule has 0 radical (unpaired) electrons. The Hall–Kier alpha value is -2.10. The Morgan fingerprint density at radius 3 is 2.85 bits per heavy atom. The van der Waals surface area contributed by atoms with Crippen molar-refractivity contribution in [1.29, 1.82) is 0 Å². The molecule has 1 heterocycles. The predicted molar refractivity (Wildman–Crippen MR) is 78.5 cm³/mol. The number of halogens is 1. The van der Waals surface area contributed by atoms with E-state index < -0.39 is 0 Å². The average molecular weight is 274 g/mol. The van der Waals surface area contributed by atoms with Gasteiger partial charge in [0, 0.05) is 18.4 Å². The molecule has 1 aromatic carbocycles. The number of nitrogens with zero attached hydrogens (tertiary/aromatic N) is 1. The highest BCUT2D eigenvalue weighted by molar-refractivity contribution is 5.43. The first-order valence-electron chi connectivity index (χ1n) is 6.77. The first kappa shape index (κ1) is 14.3. The van der Waals surface area contributed by atoms with Crippen LogP contribution in [0.2, 0.25) is 0 Å². The van der Waals surface area contributed by atoms with Crippen LogP contribution in [0.1, 0.15) is 24.6 Å². The van der Waals surface area contributed by atoms with Crippen LogP contribution in [0, 0.1) is 12.7 Å². The fourth-order valence-electron chi connectivity index (χ4n) is 1.86.